The lowest BCUT2D eigenvalue weighted by Crippen LogP contribution is -2.40. The monoisotopic (exact) mass is 211 g/mol. The predicted octanol–water partition coefficient (Wildman–Crippen LogP) is -0.0637. The molecule has 3 N–H and O–H groups in total. The number of carbonyl (C=O) groups is 1. The van der Waals surface area contributed by atoms with Gasteiger partial charge in [-0.05, 0) is 19.9 Å². The molecule has 0 radical (unpaired) electrons. The summed E-state index contributed by atoms with van der Waals surface area (Å²) in [5, 5.41) is 11.8. The molecule has 0 fully saturated rings. The molecule has 0 atom stereocenters. The van der Waals surface area contributed by atoms with Crippen molar-refractivity contribution in [2.24, 2.45) is 5.73 Å². The number of nitrogens with one attached hydrogen (secondary N) is 1. The number of methoxy groups -OCH3 is 1. The van der Waals surface area contributed by atoms with Crippen molar-refractivity contribution in [2.75, 3.05) is 20.3 Å². The third-order valence-corrected chi connectivity index (χ3v) is 1.78. The van der Waals surface area contributed by atoms with E-state index in [9.17, 15) is 4.79 Å². The summed E-state index contributed by atoms with van der Waals surface area (Å²) in [6.45, 7) is 4.90. The van der Waals surface area contributed by atoms with E-state index in [1.807, 2.05) is 13.8 Å². The fraction of sp³-hybridized carbons (Fsp3) is 0.600. The Morgan fingerprint density at radius 3 is 2.67 bits per heavy atom. The van der Waals surface area contributed by atoms with E-state index in [1.54, 1.807) is 13.2 Å². The van der Waals surface area contributed by atoms with Gasteiger partial charge in [-0.15, -0.1) is 0 Å². The molecule has 0 spiro atoms. The summed E-state index contributed by atoms with van der Waals surface area (Å²) < 4.78 is 4.88. The van der Waals surface area contributed by atoms with Gasteiger partial charge in [-0.1, -0.05) is 0 Å². The number of nitrogens with two attached hydrogens (primary N) is 1. The average molecular weight is 211 g/mol. The summed E-state index contributed by atoms with van der Waals surface area (Å²) in [6, 6.07) is 1.76. The maximum Gasteiger partial charge on any atom is 0.259 e. The molecule has 0 rings (SSSR count). The Balaban J connectivity index is 4.46. The zero-order valence-electron chi connectivity index (χ0n) is 9.33. The molecule has 0 heterocycles. The first-order valence-corrected chi connectivity index (χ1v) is 4.59. The van der Waals surface area contributed by atoms with Crippen molar-refractivity contribution in [3.05, 3.63) is 11.6 Å². The summed E-state index contributed by atoms with van der Waals surface area (Å²) in [5.41, 5.74) is 4.53. The minimum absolute atomic E-state index is 0.0371. The second-order valence-corrected chi connectivity index (χ2v) is 3.68. The van der Waals surface area contributed by atoms with Crippen molar-refractivity contribution in [3.8, 4) is 6.07 Å². The Bertz CT molecular complexity index is 290. The predicted molar refractivity (Wildman–Crippen MR) is 56.8 cm³/mol. The van der Waals surface area contributed by atoms with Crippen molar-refractivity contribution in [1.82, 2.24) is 5.32 Å². The lowest BCUT2D eigenvalue weighted by atomic mass is 10.0. The first-order chi connectivity index (χ1) is 6.93. The van der Waals surface area contributed by atoms with E-state index in [1.165, 1.54) is 6.08 Å². The van der Waals surface area contributed by atoms with Crippen LogP contribution in [0.3, 0.4) is 0 Å². The molecule has 0 aromatic carbocycles. The van der Waals surface area contributed by atoms with E-state index in [0.29, 0.717) is 13.2 Å². The molecule has 0 unspecified atom stereocenters. The van der Waals surface area contributed by atoms with Crippen LogP contribution in [0.1, 0.15) is 13.8 Å². The third-order valence-electron chi connectivity index (χ3n) is 1.78. The summed E-state index contributed by atoms with van der Waals surface area (Å²) >= 11 is 0. The number of nitrogens with zero attached hydrogens (tertiary/aromatic N) is 1. The number of nitriles is 1. The van der Waals surface area contributed by atoms with Gasteiger partial charge in [-0.3, -0.25) is 4.79 Å². The quantitative estimate of drug-likeness (QED) is 0.366. The second kappa shape index (κ2) is 6.17. The SMILES string of the molecule is COCCNC(C)(C)C=C(C#N)C(N)=O. The van der Waals surface area contributed by atoms with Crippen molar-refractivity contribution in [2.45, 2.75) is 19.4 Å². The van der Waals surface area contributed by atoms with Crippen LogP contribution in [-0.2, 0) is 9.53 Å². The second-order valence-electron chi connectivity index (χ2n) is 3.68. The molecule has 0 bridgehead atoms. The molecular formula is C10H17N3O2. The van der Waals surface area contributed by atoms with E-state index in [4.69, 9.17) is 15.7 Å². The molecule has 0 aromatic rings. The highest BCUT2D eigenvalue weighted by molar-refractivity contribution is 5.96. The molecule has 0 aliphatic carbocycles. The zero-order valence-corrected chi connectivity index (χ0v) is 9.33. The highest BCUT2D eigenvalue weighted by Crippen LogP contribution is 2.07. The van der Waals surface area contributed by atoms with Gasteiger partial charge in [0.1, 0.15) is 11.6 Å². The van der Waals surface area contributed by atoms with Crippen LogP contribution in [0.25, 0.3) is 0 Å². The number of hydrogen-bond acceptors (Lipinski definition) is 4. The van der Waals surface area contributed by atoms with Crippen molar-refractivity contribution in [1.29, 1.82) is 5.26 Å². The molecule has 5 heteroatoms. The standard InChI is InChI=1S/C10H17N3O2/c1-10(2,13-4-5-15-3)6-8(7-11)9(12)14/h6,13H,4-5H2,1-3H3,(H2,12,14). The van der Waals surface area contributed by atoms with Gasteiger partial charge in [0, 0.05) is 19.2 Å². The maximum absolute atomic E-state index is 10.8. The fourth-order valence-electron chi connectivity index (χ4n) is 1.05. The minimum Gasteiger partial charge on any atom is -0.383 e. The van der Waals surface area contributed by atoms with Crippen LogP contribution in [-0.4, -0.2) is 31.7 Å². The molecule has 5 nitrogen and oxygen atoms in total. The Kier molecular flexibility index (Phi) is 5.60. The first-order valence-electron chi connectivity index (χ1n) is 4.59. The topological polar surface area (TPSA) is 88.1 Å². The Morgan fingerprint density at radius 1 is 1.67 bits per heavy atom. The molecule has 0 aromatic heterocycles. The van der Waals surface area contributed by atoms with Crippen LogP contribution in [0, 0.1) is 11.3 Å². The van der Waals surface area contributed by atoms with Crippen LogP contribution in [0.2, 0.25) is 0 Å². The van der Waals surface area contributed by atoms with E-state index < -0.39 is 11.4 Å². The summed E-state index contributed by atoms with van der Waals surface area (Å²) in [4.78, 5) is 10.8. The van der Waals surface area contributed by atoms with Gasteiger partial charge in [0.25, 0.3) is 5.91 Å². The Labute approximate surface area is 89.9 Å². The van der Waals surface area contributed by atoms with Gasteiger partial charge < -0.3 is 15.8 Å². The van der Waals surface area contributed by atoms with Crippen LogP contribution in [0.4, 0.5) is 0 Å². The van der Waals surface area contributed by atoms with Crippen LogP contribution >= 0.6 is 0 Å². The van der Waals surface area contributed by atoms with Crippen molar-refractivity contribution >= 4 is 5.91 Å². The molecule has 0 aliphatic heterocycles. The molecule has 0 saturated heterocycles. The Morgan fingerprint density at radius 2 is 2.27 bits per heavy atom. The van der Waals surface area contributed by atoms with E-state index in [2.05, 4.69) is 5.32 Å². The summed E-state index contributed by atoms with van der Waals surface area (Å²) in [6.07, 6.45) is 1.52. The van der Waals surface area contributed by atoms with Crippen LogP contribution < -0.4 is 11.1 Å². The van der Waals surface area contributed by atoms with Crippen LogP contribution in [0.5, 0.6) is 0 Å². The van der Waals surface area contributed by atoms with Gasteiger partial charge in [-0.25, -0.2) is 0 Å². The first kappa shape index (κ1) is 13.6. The number of amides is 1. The highest BCUT2D eigenvalue weighted by atomic mass is 16.5. The van der Waals surface area contributed by atoms with Gasteiger partial charge in [0.2, 0.25) is 0 Å². The van der Waals surface area contributed by atoms with E-state index in [-0.39, 0.29) is 5.57 Å². The maximum atomic E-state index is 10.8. The average Bonchev–Trinajstić information content (AvgIpc) is 2.14. The van der Waals surface area contributed by atoms with Crippen molar-refractivity contribution < 1.29 is 9.53 Å². The zero-order chi connectivity index (χ0) is 11.9. The fourth-order valence-corrected chi connectivity index (χ4v) is 1.05. The number of rotatable bonds is 6. The number of primary amides is 1. The van der Waals surface area contributed by atoms with Crippen molar-refractivity contribution in [3.63, 3.8) is 0 Å². The molecule has 1 amide bonds. The van der Waals surface area contributed by atoms with Gasteiger partial charge in [0.15, 0.2) is 0 Å². The van der Waals surface area contributed by atoms with E-state index in [0.717, 1.165) is 0 Å². The molecule has 0 saturated carbocycles. The Hall–Kier alpha value is -1.38. The number of hydrogen-bond donors (Lipinski definition) is 2. The smallest absolute Gasteiger partial charge is 0.259 e. The minimum atomic E-state index is -0.709. The summed E-state index contributed by atoms with van der Waals surface area (Å²) in [5.74, 6) is -0.709. The lowest BCUT2D eigenvalue weighted by Gasteiger charge is -2.22. The normalized spacial score (nSPS) is 12.3. The molecule has 0 aliphatic rings. The molecule has 84 valence electrons. The number of ether oxygens (including phenoxy) is 1. The highest BCUT2D eigenvalue weighted by Gasteiger charge is 2.16. The van der Waals surface area contributed by atoms with Gasteiger partial charge >= 0.3 is 0 Å². The van der Waals surface area contributed by atoms with Gasteiger partial charge in [-0.2, -0.15) is 5.26 Å². The van der Waals surface area contributed by atoms with Crippen LogP contribution in [0.15, 0.2) is 11.6 Å². The largest absolute Gasteiger partial charge is 0.383 e. The lowest BCUT2D eigenvalue weighted by molar-refractivity contribution is -0.114. The van der Waals surface area contributed by atoms with Gasteiger partial charge in [0.05, 0.1) is 6.61 Å². The third kappa shape index (κ3) is 5.83. The summed E-state index contributed by atoms with van der Waals surface area (Å²) in [7, 11) is 1.61. The number of carbonyl (C=O) groups excluding carboxylic acids is 1. The van der Waals surface area contributed by atoms with E-state index >= 15 is 0 Å². The molecule has 15 heavy (non-hydrogen) atoms. The molecular weight excluding hydrogens is 194 g/mol.